The second kappa shape index (κ2) is 9.11. The van der Waals surface area contributed by atoms with Crippen molar-refractivity contribution in [2.75, 3.05) is 13.2 Å². The molecule has 4 nitrogen and oxygen atoms in total. The van der Waals surface area contributed by atoms with Gasteiger partial charge in [0.2, 0.25) is 0 Å². The molecule has 25 heavy (non-hydrogen) atoms. The summed E-state index contributed by atoms with van der Waals surface area (Å²) in [5, 5.41) is 9.67. The SMILES string of the molecule is CCCOc1ccc(CC(C(=O)O)c2ccc(OCC)c(C)c2)cc1. The zero-order chi connectivity index (χ0) is 18.2. The minimum atomic E-state index is -0.824. The molecule has 0 bridgehead atoms. The molecule has 1 unspecified atom stereocenters. The molecule has 0 fully saturated rings. The summed E-state index contributed by atoms with van der Waals surface area (Å²) in [6, 6.07) is 13.3. The van der Waals surface area contributed by atoms with Gasteiger partial charge in [-0.05, 0) is 61.6 Å². The number of carbonyl (C=O) groups is 1. The molecule has 2 aromatic rings. The molecule has 1 N–H and O–H groups in total. The molecular weight excluding hydrogens is 316 g/mol. The molecule has 0 aromatic heterocycles. The van der Waals surface area contributed by atoms with Crippen molar-refractivity contribution in [1.82, 2.24) is 0 Å². The lowest BCUT2D eigenvalue weighted by molar-refractivity contribution is -0.138. The van der Waals surface area contributed by atoms with Crippen LogP contribution in [0.25, 0.3) is 0 Å². The third kappa shape index (κ3) is 5.24. The number of aryl methyl sites for hydroxylation is 1. The van der Waals surface area contributed by atoms with Crippen molar-refractivity contribution in [1.29, 1.82) is 0 Å². The van der Waals surface area contributed by atoms with Crippen molar-refractivity contribution in [3.8, 4) is 11.5 Å². The summed E-state index contributed by atoms with van der Waals surface area (Å²) in [6.07, 6.45) is 1.40. The summed E-state index contributed by atoms with van der Waals surface area (Å²) in [4.78, 5) is 11.8. The average molecular weight is 342 g/mol. The molecule has 0 saturated carbocycles. The molecule has 0 spiro atoms. The predicted octanol–water partition coefficient (Wildman–Crippen LogP) is 4.59. The molecule has 0 radical (unpaired) electrons. The lowest BCUT2D eigenvalue weighted by Crippen LogP contribution is -2.14. The molecule has 4 heteroatoms. The molecule has 2 rings (SSSR count). The zero-order valence-corrected chi connectivity index (χ0v) is 15.1. The number of hydrogen-bond acceptors (Lipinski definition) is 3. The van der Waals surface area contributed by atoms with E-state index in [-0.39, 0.29) is 0 Å². The van der Waals surface area contributed by atoms with E-state index in [1.165, 1.54) is 0 Å². The topological polar surface area (TPSA) is 55.8 Å². The Balaban J connectivity index is 2.15. The van der Waals surface area contributed by atoms with Crippen LogP contribution in [0, 0.1) is 6.92 Å². The molecule has 0 aliphatic carbocycles. The van der Waals surface area contributed by atoms with Crippen LogP contribution < -0.4 is 9.47 Å². The molecule has 1 atom stereocenters. The summed E-state index contributed by atoms with van der Waals surface area (Å²) < 4.78 is 11.1. The number of carboxylic acid groups (broad SMARTS) is 1. The van der Waals surface area contributed by atoms with E-state index in [2.05, 4.69) is 6.92 Å². The summed E-state index contributed by atoms with van der Waals surface area (Å²) in [6.45, 7) is 7.21. The average Bonchev–Trinajstić information content (AvgIpc) is 2.60. The third-order valence-electron chi connectivity index (χ3n) is 4.04. The molecule has 134 valence electrons. The van der Waals surface area contributed by atoms with Gasteiger partial charge in [-0.2, -0.15) is 0 Å². The third-order valence-corrected chi connectivity index (χ3v) is 4.04. The van der Waals surface area contributed by atoms with Crippen LogP contribution in [-0.2, 0) is 11.2 Å². The Morgan fingerprint density at radius 3 is 2.36 bits per heavy atom. The fraction of sp³-hybridized carbons (Fsp3) is 0.381. The van der Waals surface area contributed by atoms with Gasteiger partial charge in [0.1, 0.15) is 11.5 Å². The van der Waals surface area contributed by atoms with E-state index >= 15 is 0 Å². The van der Waals surface area contributed by atoms with Crippen LogP contribution in [0.5, 0.6) is 11.5 Å². The van der Waals surface area contributed by atoms with Crippen molar-refractivity contribution in [3.05, 3.63) is 59.2 Å². The lowest BCUT2D eigenvalue weighted by Gasteiger charge is -2.16. The van der Waals surface area contributed by atoms with Crippen LogP contribution in [0.15, 0.2) is 42.5 Å². The Bertz CT molecular complexity index is 692. The number of rotatable bonds is 9. The van der Waals surface area contributed by atoms with E-state index in [1.807, 2.05) is 56.3 Å². The maximum absolute atomic E-state index is 11.8. The zero-order valence-electron chi connectivity index (χ0n) is 15.1. The largest absolute Gasteiger partial charge is 0.494 e. The highest BCUT2D eigenvalue weighted by molar-refractivity contribution is 5.76. The van der Waals surface area contributed by atoms with Crippen molar-refractivity contribution in [2.24, 2.45) is 0 Å². The first-order chi connectivity index (χ1) is 12.0. The van der Waals surface area contributed by atoms with Gasteiger partial charge in [0, 0.05) is 0 Å². The first-order valence-electron chi connectivity index (χ1n) is 8.73. The standard InChI is InChI=1S/C21H26O4/c1-4-12-25-18-9-6-16(7-10-18)14-19(21(22)23)17-8-11-20(24-5-2)15(3)13-17/h6-11,13,19H,4-5,12,14H2,1-3H3,(H,22,23). The van der Waals surface area contributed by atoms with Crippen LogP contribution in [0.2, 0.25) is 0 Å². The molecule has 0 aliphatic heterocycles. The van der Waals surface area contributed by atoms with Crippen molar-refractivity contribution >= 4 is 5.97 Å². The van der Waals surface area contributed by atoms with Gasteiger partial charge in [0.05, 0.1) is 19.1 Å². The first-order valence-corrected chi connectivity index (χ1v) is 8.73. The Hall–Kier alpha value is -2.49. The maximum atomic E-state index is 11.8. The highest BCUT2D eigenvalue weighted by atomic mass is 16.5. The number of aliphatic carboxylic acids is 1. The second-order valence-corrected chi connectivity index (χ2v) is 6.05. The van der Waals surface area contributed by atoms with Crippen LogP contribution in [0.1, 0.15) is 42.9 Å². The Morgan fingerprint density at radius 2 is 1.80 bits per heavy atom. The predicted molar refractivity (Wildman–Crippen MR) is 98.7 cm³/mol. The highest BCUT2D eigenvalue weighted by Gasteiger charge is 2.21. The summed E-state index contributed by atoms with van der Waals surface area (Å²) in [7, 11) is 0. The monoisotopic (exact) mass is 342 g/mol. The van der Waals surface area contributed by atoms with Crippen LogP contribution in [-0.4, -0.2) is 24.3 Å². The Labute approximate surface area is 149 Å². The normalized spacial score (nSPS) is 11.8. The molecule has 0 heterocycles. The second-order valence-electron chi connectivity index (χ2n) is 6.05. The van der Waals surface area contributed by atoms with E-state index in [9.17, 15) is 9.90 Å². The molecule has 0 aliphatic rings. The fourth-order valence-corrected chi connectivity index (χ4v) is 2.73. The van der Waals surface area contributed by atoms with Gasteiger partial charge in [-0.1, -0.05) is 31.2 Å². The van der Waals surface area contributed by atoms with E-state index in [0.717, 1.165) is 34.6 Å². The van der Waals surface area contributed by atoms with E-state index in [0.29, 0.717) is 19.6 Å². The fourth-order valence-electron chi connectivity index (χ4n) is 2.73. The molecule has 0 amide bonds. The summed E-state index contributed by atoms with van der Waals surface area (Å²) in [5.41, 5.74) is 2.72. The van der Waals surface area contributed by atoms with E-state index in [4.69, 9.17) is 9.47 Å². The minimum absolute atomic E-state index is 0.441. The molecular formula is C21H26O4. The summed E-state index contributed by atoms with van der Waals surface area (Å²) in [5.74, 6) is 0.203. The quantitative estimate of drug-likeness (QED) is 0.724. The van der Waals surface area contributed by atoms with Crippen molar-refractivity contribution in [2.45, 2.75) is 39.5 Å². The van der Waals surface area contributed by atoms with Gasteiger partial charge in [-0.15, -0.1) is 0 Å². The van der Waals surface area contributed by atoms with Crippen LogP contribution >= 0.6 is 0 Å². The van der Waals surface area contributed by atoms with Gasteiger partial charge >= 0.3 is 5.97 Å². The lowest BCUT2D eigenvalue weighted by atomic mass is 9.91. The van der Waals surface area contributed by atoms with Gasteiger partial charge < -0.3 is 14.6 Å². The van der Waals surface area contributed by atoms with Crippen LogP contribution in [0.3, 0.4) is 0 Å². The van der Waals surface area contributed by atoms with E-state index in [1.54, 1.807) is 0 Å². The maximum Gasteiger partial charge on any atom is 0.311 e. The molecule has 2 aromatic carbocycles. The Kier molecular flexibility index (Phi) is 6.87. The number of carboxylic acids is 1. The van der Waals surface area contributed by atoms with Gasteiger partial charge in [-0.3, -0.25) is 4.79 Å². The van der Waals surface area contributed by atoms with Gasteiger partial charge in [0.15, 0.2) is 0 Å². The molecule has 0 saturated heterocycles. The van der Waals surface area contributed by atoms with Crippen molar-refractivity contribution in [3.63, 3.8) is 0 Å². The van der Waals surface area contributed by atoms with Crippen LogP contribution in [0.4, 0.5) is 0 Å². The first kappa shape index (κ1) is 18.8. The van der Waals surface area contributed by atoms with Gasteiger partial charge in [0.25, 0.3) is 0 Å². The number of ether oxygens (including phenoxy) is 2. The Morgan fingerprint density at radius 1 is 1.08 bits per heavy atom. The van der Waals surface area contributed by atoms with E-state index < -0.39 is 11.9 Å². The summed E-state index contributed by atoms with van der Waals surface area (Å²) >= 11 is 0. The van der Waals surface area contributed by atoms with Crippen molar-refractivity contribution < 1.29 is 19.4 Å². The minimum Gasteiger partial charge on any atom is -0.494 e. The number of benzene rings is 2. The smallest absolute Gasteiger partial charge is 0.311 e. The number of hydrogen-bond donors (Lipinski definition) is 1. The van der Waals surface area contributed by atoms with Gasteiger partial charge in [-0.25, -0.2) is 0 Å². The highest BCUT2D eigenvalue weighted by Crippen LogP contribution is 2.27.